The zero-order chi connectivity index (χ0) is 47.4. The molecule has 0 unspecified atom stereocenters. The van der Waals surface area contributed by atoms with E-state index in [1.54, 1.807) is 0 Å². The molecule has 5 heteroatoms. The molecule has 0 saturated heterocycles. The molecule has 3 aliphatic rings. The number of hydrogen-bond acceptors (Lipinski definition) is 3. The fourth-order valence-corrected chi connectivity index (χ4v) is 14.5. The van der Waals surface area contributed by atoms with Gasteiger partial charge in [-0.15, -0.1) is 11.3 Å². The number of benzene rings is 7. The highest BCUT2D eigenvalue weighted by atomic mass is 32.1. The maximum atomic E-state index is 2.77. The molecule has 3 nitrogen and oxygen atoms in total. The number of aromatic nitrogens is 1. The van der Waals surface area contributed by atoms with E-state index >= 15 is 0 Å². The summed E-state index contributed by atoms with van der Waals surface area (Å²) >= 11 is 2.02. The second-order valence-corrected chi connectivity index (χ2v) is 26.0. The third-order valence-corrected chi connectivity index (χ3v) is 17.6. The highest BCUT2D eigenvalue weighted by molar-refractivity contribution is 7.33. The molecule has 2 aliphatic heterocycles. The van der Waals surface area contributed by atoms with Crippen LogP contribution in [0.2, 0.25) is 0 Å². The van der Waals surface area contributed by atoms with Crippen molar-refractivity contribution in [1.82, 2.24) is 4.40 Å². The van der Waals surface area contributed by atoms with Crippen LogP contribution < -0.4 is 25.5 Å². The van der Waals surface area contributed by atoms with Crippen molar-refractivity contribution in [3.8, 4) is 0 Å². The molecule has 338 valence electrons. The lowest BCUT2D eigenvalue weighted by Gasteiger charge is -2.44. The second-order valence-electron chi connectivity index (χ2n) is 25.0. The van der Waals surface area contributed by atoms with Crippen molar-refractivity contribution in [2.45, 2.75) is 124 Å². The van der Waals surface area contributed by atoms with Crippen molar-refractivity contribution in [2.24, 2.45) is 0 Å². The Kier molecular flexibility index (Phi) is 8.29. The van der Waals surface area contributed by atoms with E-state index in [9.17, 15) is 0 Å². The largest absolute Gasteiger partial charge is 0.311 e. The first-order valence-corrected chi connectivity index (χ1v) is 25.8. The van der Waals surface area contributed by atoms with Gasteiger partial charge in [-0.2, -0.15) is 0 Å². The molecular formula is C63H62BN3S. The third kappa shape index (κ3) is 5.60. The average Bonchev–Trinajstić information content (AvgIpc) is 3.99. The van der Waals surface area contributed by atoms with Gasteiger partial charge in [-0.1, -0.05) is 163 Å². The molecule has 0 bridgehead atoms. The minimum absolute atomic E-state index is 0.00976. The number of hydrogen-bond donors (Lipinski definition) is 0. The topological polar surface area (TPSA) is 10.9 Å². The monoisotopic (exact) mass is 903 g/mol. The number of nitrogens with zero attached hydrogens (tertiary/aromatic N) is 3. The van der Waals surface area contributed by atoms with Gasteiger partial charge >= 0.3 is 0 Å². The Hall–Kier alpha value is -6.04. The molecular weight excluding hydrogens is 842 g/mol. The normalized spacial score (nSPS) is 16.4. The van der Waals surface area contributed by atoms with Crippen LogP contribution in [-0.4, -0.2) is 11.1 Å². The molecule has 0 radical (unpaired) electrons. The molecule has 0 spiro atoms. The first-order valence-electron chi connectivity index (χ1n) is 24.9. The summed E-state index contributed by atoms with van der Waals surface area (Å²) in [6.45, 7) is 30.9. The predicted molar refractivity (Wildman–Crippen MR) is 297 cm³/mol. The van der Waals surface area contributed by atoms with E-state index in [-0.39, 0.29) is 33.8 Å². The highest BCUT2D eigenvalue weighted by Crippen LogP contribution is 2.58. The summed E-state index contributed by atoms with van der Waals surface area (Å²) < 4.78 is 5.37. The van der Waals surface area contributed by atoms with Crippen LogP contribution in [0, 0.1) is 0 Å². The Morgan fingerprint density at radius 3 is 1.68 bits per heavy atom. The average molecular weight is 904 g/mol. The Labute approximate surface area is 406 Å². The summed E-state index contributed by atoms with van der Waals surface area (Å²) in [5.41, 5.74) is 21.4. The molecule has 5 heterocycles. The first-order chi connectivity index (χ1) is 32.1. The van der Waals surface area contributed by atoms with Gasteiger partial charge in [-0.3, -0.25) is 0 Å². The zero-order valence-corrected chi connectivity index (χ0v) is 43.0. The second kappa shape index (κ2) is 13.4. The predicted octanol–water partition coefficient (Wildman–Crippen LogP) is 16.0. The van der Waals surface area contributed by atoms with Crippen LogP contribution >= 0.6 is 11.3 Å². The minimum Gasteiger partial charge on any atom is -0.311 e. The summed E-state index contributed by atoms with van der Waals surface area (Å²) in [5.74, 6) is 0. The van der Waals surface area contributed by atoms with E-state index in [0.717, 1.165) is 6.42 Å². The molecule has 7 aromatic carbocycles. The van der Waals surface area contributed by atoms with Crippen LogP contribution in [0.1, 0.15) is 124 Å². The van der Waals surface area contributed by atoms with Crippen LogP contribution in [0.15, 0.2) is 127 Å². The molecule has 0 saturated carbocycles. The molecule has 0 N–H and O–H groups in total. The molecule has 0 amide bonds. The quantitative estimate of drug-likeness (QED) is 0.160. The summed E-state index contributed by atoms with van der Waals surface area (Å²) in [5, 5.41) is 6.61. The van der Waals surface area contributed by atoms with Gasteiger partial charge < -0.3 is 14.2 Å². The zero-order valence-electron chi connectivity index (χ0n) is 42.2. The number of fused-ring (bicyclic) bond motifs is 15. The lowest BCUT2D eigenvalue weighted by atomic mass is 9.35. The molecule has 1 aliphatic carbocycles. The van der Waals surface area contributed by atoms with Crippen molar-refractivity contribution in [3.05, 3.63) is 155 Å². The van der Waals surface area contributed by atoms with E-state index in [2.05, 4.69) is 232 Å². The van der Waals surface area contributed by atoms with E-state index in [1.807, 2.05) is 11.3 Å². The maximum Gasteiger partial charge on any atom is 0.264 e. The smallest absolute Gasteiger partial charge is 0.264 e. The van der Waals surface area contributed by atoms with Gasteiger partial charge in [-0.25, -0.2) is 0 Å². The summed E-state index contributed by atoms with van der Waals surface area (Å²) in [6.07, 6.45) is 1.12. The number of para-hydroxylation sites is 2. The van der Waals surface area contributed by atoms with Gasteiger partial charge in [0.2, 0.25) is 0 Å². The maximum absolute atomic E-state index is 2.77. The summed E-state index contributed by atoms with van der Waals surface area (Å²) in [4.78, 5) is 5.45. The van der Waals surface area contributed by atoms with Crippen LogP contribution in [-0.2, 0) is 27.1 Å². The molecule has 13 rings (SSSR count). The van der Waals surface area contributed by atoms with E-state index in [4.69, 9.17) is 0 Å². The van der Waals surface area contributed by atoms with Crippen LogP contribution in [0.5, 0.6) is 0 Å². The lowest BCUT2D eigenvalue weighted by molar-refractivity contribution is 0.403. The minimum atomic E-state index is -0.0436. The van der Waals surface area contributed by atoms with Gasteiger partial charge in [0.05, 0.1) is 33.6 Å². The number of rotatable bonds is 2. The molecule has 0 fully saturated rings. The Balaban J connectivity index is 1.28. The summed E-state index contributed by atoms with van der Waals surface area (Å²) in [7, 11) is 0. The van der Waals surface area contributed by atoms with Gasteiger partial charge in [0.1, 0.15) is 0 Å². The molecule has 3 aromatic heterocycles. The van der Waals surface area contributed by atoms with Gasteiger partial charge in [0.15, 0.2) is 0 Å². The van der Waals surface area contributed by atoms with E-state index in [1.165, 1.54) is 126 Å². The molecule has 0 atom stereocenters. The van der Waals surface area contributed by atoms with Crippen molar-refractivity contribution >= 4 is 116 Å². The lowest BCUT2D eigenvalue weighted by Crippen LogP contribution is -2.60. The third-order valence-electron chi connectivity index (χ3n) is 16.3. The van der Waals surface area contributed by atoms with Gasteiger partial charge in [0, 0.05) is 53.5 Å². The standard InChI is InChI=1S/C63H62BN3S/c1-59(2,3)36-22-26-39(27-23-36)65-49-30-24-38(61(7,8)9)33-46(49)64-53-56(65)51-41-18-14-16-20-47(41)67-48-21-17-15-19-42(48)52(55(51)67)57(53)66(40-28-29-44-45(34-40)63(12,13)35-62(44,10)11)54-43-32-37(60(4,5)6)25-31-50(43)68-58(54)64/h14-34H,35H2,1-13H3. The van der Waals surface area contributed by atoms with Crippen molar-refractivity contribution in [3.63, 3.8) is 0 Å². The van der Waals surface area contributed by atoms with Gasteiger partial charge in [0.25, 0.3) is 6.71 Å². The van der Waals surface area contributed by atoms with Gasteiger partial charge in [-0.05, 0) is 127 Å². The van der Waals surface area contributed by atoms with Crippen LogP contribution in [0.25, 0.3) is 48.2 Å². The van der Waals surface area contributed by atoms with E-state index < -0.39 is 0 Å². The fourth-order valence-electron chi connectivity index (χ4n) is 13.2. The SMILES string of the molecule is CC(C)(C)c1ccc(N2c3ccc(C(C)(C)C)cc3B3c4sc5ccc(C(C)(C)C)cc5c4N(c4ccc5c(c4)C(C)(C)CC5(C)C)c4c3c2c2c3ccccc3n3c5ccccc5c4c23)cc1. The Morgan fingerprint density at radius 1 is 0.500 bits per heavy atom. The van der Waals surface area contributed by atoms with Crippen molar-refractivity contribution in [2.75, 3.05) is 9.80 Å². The van der Waals surface area contributed by atoms with Crippen LogP contribution in [0.4, 0.5) is 34.1 Å². The molecule has 10 aromatic rings. The first kappa shape index (κ1) is 42.1. The Morgan fingerprint density at radius 2 is 1.04 bits per heavy atom. The van der Waals surface area contributed by atoms with Crippen molar-refractivity contribution < 1.29 is 0 Å². The van der Waals surface area contributed by atoms with Crippen LogP contribution in [0.3, 0.4) is 0 Å². The Bertz CT molecular complexity index is 3780. The van der Waals surface area contributed by atoms with Crippen molar-refractivity contribution in [1.29, 1.82) is 0 Å². The molecule has 68 heavy (non-hydrogen) atoms. The number of anilines is 6. The fraction of sp³-hybridized carbons (Fsp3) is 0.302. The highest BCUT2D eigenvalue weighted by Gasteiger charge is 2.49. The summed E-state index contributed by atoms with van der Waals surface area (Å²) in [6, 6.07) is 50.4. The van der Waals surface area contributed by atoms with E-state index in [0.29, 0.717) is 0 Å². The number of thiophene rings is 1.